The van der Waals surface area contributed by atoms with Gasteiger partial charge in [-0.3, -0.25) is 9.59 Å². The molecule has 0 spiro atoms. The van der Waals surface area contributed by atoms with Crippen LogP contribution in [0, 0.1) is 5.41 Å². The van der Waals surface area contributed by atoms with E-state index in [-0.39, 0.29) is 38.7 Å². The third-order valence-electron chi connectivity index (χ3n) is 6.41. The number of nitrogens with one attached hydrogen (secondary N) is 1. The lowest BCUT2D eigenvalue weighted by molar-refractivity contribution is -0.139. The molecule has 0 aliphatic heterocycles. The summed E-state index contributed by atoms with van der Waals surface area (Å²) in [5.41, 5.74) is 0.341. The molecule has 1 fully saturated rings. The monoisotopic (exact) mass is 677 g/mol. The molecule has 1 saturated carbocycles. The maximum absolute atomic E-state index is 13.8. The highest BCUT2D eigenvalue weighted by Crippen LogP contribution is 2.50. The lowest BCUT2D eigenvalue weighted by Crippen LogP contribution is -2.26. The smallest absolute Gasteiger partial charge is 0.326 e. The molecule has 11 heteroatoms. The van der Waals surface area contributed by atoms with Gasteiger partial charge in [-0.25, -0.2) is 0 Å². The van der Waals surface area contributed by atoms with Gasteiger partial charge in [-0.15, -0.1) is 0 Å². The van der Waals surface area contributed by atoms with Gasteiger partial charge in [0.05, 0.1) is 26.4 Å². The van der Waals surface area contributed by atoms with Crippen molar-refractivity contribution in [2.24, 2.45) is 5.41 Å². The molecule has 1 unspecified atom stereocenters. The van der Waals surface area contributed by atoms with Crippen molar-refractivity contribution in [3.63, 3.8) is 0 Å². The Balaban J connectivity index is 1.49. The zero-order valence-corrected chi connectivity index (χ0v) is 24.5. The fraction of sp³-hybridized carbons (Fsp3) is 0.214. The van der Waals surface area contributed by atoms with E-state index in [0.717, 1.165) is 18.2 Å². The number of ketones is 1. The van der Waals surface area contributed by atoms with Gasteiger partial charge in [-0.1, -0.05) is 86.6 Å². The van der Waals surface area contributed by atoms with Crippen LogP contribution in [0.2, 0.25) is 20.1 Å². The molecule has 3 aromatic carbocycles. The molecule has 3 aromatic rings. The molecule has 3 nitrogen and oxygen atoms in total. The van der Waals surface area contributed by atoms with Gasteiger partial charge in [0.2, 0.25) is 5.91 Å². The molecule has 204 valence electrons. The van der Waals surface area contributed by atoms with Crippen molar-refractivity contribution in [2.45, 2.75) is 31.4 Å². The van der Waals surface area contributed by atoms with Gasteiger partial charge in [0, 0.05) is 27.2 Å². The zero-order chi connectivity index (χ0) is 28.5. The molecule has 1 N–H and O–H groups in total. The Hall–Kier alpha value is -2.03. The number of hydrogen-bond acceptors (Lipinski definition) is 2. The number of allylic oxidation sites excluding steroid dienone is 1. The summed E-state index contributed by atoms with van der Waals surface area (Å²) >= 11 is 27.1. The van der Waals surface area contributed by atoms with Gasteiger partial charge < -0.3 is 5.32 Å². The van der Waals surface area contributed by atoms with E-state index >= 15 is 0 Å². The number of benzene rings is 3. The number of carbonyl (C=O) groups is 2. The summed E-state index contributed by atoms with van der Waals surface area (Å²) in [5.74, 6) is -2.50. The van der Waals surface area contributed by atoms with Crippen LogP contribution in [0.5, 0.6) is 0 Å². The SMILES string of the molecule is O=C(CC1(C(=O)Nc2cccc(Cl)c2)CC1)c1ccc(/C=C/C(c2cc(Cl)c(Cl)c(Cl)c2)C(F)(F)F)cc1Br. The van der Waals surface area contributed by atoms with Crippen LogP contribution in [0.3, 0.4) is 0 Å². The van der Waals surface area contributed by atoms with E-state index in [1.807, 2.05) is 0 Å². The molecule has 0 aromatic heterocycles. The van der Waals surface area contributed by atoms with Crippen molar-refractivity contribution in [1.82, 2.24) is 0 Å². The number of amides is 1. The quantitative estimate of drug-likeness (QED) is 0.190. The van der Waals surface area contributed by atoms with Gasteiger partial charge in [0.1, 0.15) is 0 Å². The van der Waals surface area contributed by atoms with E-state index in [9.17, 15) is 22.8 Å². The lowest BCUT2D eigenvalue weighted by Gasteiger charge is -2.18. The average Bonchev–Trinajstić information content (AvgIpc) is 3.62. The summed E-state index contributed by atoms with van der Waals surface area (Å²) in [4.78, 5) is 26.0. The minimum absolute atomic E-state index is 0.00141. The second kappa shape index (κ2) is 11.8. The highest BCUT2D eigenvalue weighted by atomic mass is 79.9. The number of alkyl halides is 3. The van der Waals surface area contributed by atoms with Crippen LogP contribution in [-0.4, -0.2) is 17.9 Å². The van der Waals surface area contributed by atoms with E-state index in [4.69, 9.17) is 46.4 Å². The predicted molar refractivity (Wildman–Crippen MR) is 154 cm³/mol. The summed E-state index contributed by atoms with van der Waals surface area (Å²) in [6.07, 6.45) is -1.19. The molecular formula is C28H19BrCl4F3NO2. The van der Waals surface area contributed by atoms with Crippen LogP contribution < -0.4 is 5.32 Å². The van der Waals surface area contributed by atoms with E-state index in [0.29, 0.717) is 39.2 Å². The molecule has 0 heterocycles. The van der Waals surface area contributed by atoms with Crippen LogP contribution in [-0.2, 0) is 4.79 Å². The van der Waals surface area contributed by atoms with Crippen LogP contribution in [0.25, 0.3) is 6.08 Å². The fourth-order valence-electron chi connectivity index (χ4n) is 4.10. The van der Waals surface area contributed by atoms with Crippen LogP contribution >= 0.6 is 62.3 Å². The van der Waals surface area contributed by atoms with E-state index in [1.165, 1.54) is 18.2 Å². The third kappa shape index (κ3) is 7.19. The molecule has 39 heavy (non-hydrogen) atoms. The minimum Gasteiger partial charge on any atom is -0.326 e. The number of Topliss-reactive ketones (excluding diaryl/α,β-unsaturated/α-hetero) is 1. The summed E-state index contributed by atoms with van der Waals surface area (Å²) in [6.45, 7) is 0. The number of anilines is 1. The number of halogens is 8. The maximum Gasteiger partial charge on any atom is 0.399 e. The van der Waals surface area contributed by atoms with Gasteiger partial charge >= 0.3 is 6.18 Å². The van der Waals surface area contributed by atoms with Crippen molar-refractivity contribution < 1.29 is 22.8 Å². The molecule has 1 atom stereocenters. The standard InChI is InChI=1S/C28H19BrCl4F3NO2/c29-21-10-15(5-7-20(28(34,35)36)16-11-22(31)25(33)23(32)12-16)4-6-19(21)24(38)14-27(8-9-27)26(39)37-18-3-1-2-17(30)13-18/h1-7,10-13,20H,8-9,14H2,(H,37,39)/b7-5+. The summed E-state index contributed by atoms with van der Waals surface area (Å²) in [7, 11) is 0. The second-order valence-electron chi connectivity index (χ2n) is 9.26. The van der Waals surface area contributed by atoms with E-state index in [1.54, 1.807) is 30.3 Å². The molecule has 1 aliphatic carbocycles. The first kappa shape index (κ1) is 29.9. The number of carbonyl (C=O) groups excluding carboxylic acids is 2. The Morgan fingerprint density at radius 2 is 1.67 bits per heavy atom. The fourth-order valence-corrected chi connectivity index (χ4v) is 5.52. The highest BCUT2D eigenvalue weighted by molar-refractivity contribution is 9.10. The molecule has 0 saturated heterocycles. The normalized spacial score (nSPS) is 15.3. The molecule has 0 radical (unpaired) electrons. The Kier molecular flexibility index (Phi) is 9.08. The molecule has 1 aliphatic rings. The van der Waals surface area contributed by atoms with Gasteiger partial charge in [-0.05, 0) is 66.4 Å². The largest absolute Gasteiger partial charge is 0.399 e. The van der Waals surface area contributed by atoms with Crippen LogP contribution in [0.1, 0.15) is 46.7 Å². The number of rotatable bonds is 8. The van der Waals surface area contributed by atoms with Crippen molar-refractivity contribution in [3.8, 4) is 0 Å². The molecule has 0 bridgehead atoms. The molecular weight excluding hydrogens is 661 g/mol. The lowest BCUT2D eigenvalue weighted by atomic mass is 9.93. The van der Waals surface area contributed by atoms with Gasteiger partial charge in [-0.2, -0.15) is 13.2 Å². The maximum atomic E-state index is 13.8. The third-order valence-corrected chi connectivity index (χ3v) is 8.50. The minimum atomic E-state index is -4.62. The Labute approximate surface area is 251 Å². The first-order valence-electron chi connectivity index (χ1n) is 11.6. The summed E-state index contributed by atoms with van der Waals surface area (Å²) < 4.78 is 41.9. The second-order valence-corrected chi connectivity index (χ2v) is 11.7. The van der Waals surface area contributed by atoms with Gasteiger partial charge in [0.25, 0.3) is 0 Å². The van der Waals surface area contributed by atoms with Crippen LogP contribution in [0.15, 0.2) is 65.1 Å². The predicted octanol–water partition coefficient (Wildman–Crippen LogP) is 10.4. The Bertz CT molecular complexity index is 1450. The molecule has 4 rings (SSSR count). The van der Waals surface area contributed by atoms with Gasteiger partial charge in [0.15, 0.2) is 5.78 Å². The number of hydrogen-bond donors (Lipinski definition) is 1. The zero-order valence-electron chi connectivity index (χ0n) is 19.9. The van der Waals surface area contributed by atoms with E-state index in [2.05, 4.69) is 21.2 Å². The first-order valence-corrected chi connectivity index (χ1v) is 13.9. The topological polar surface area (TPSA) is 46.2 Å². The van der Waals surface area contributed by atoms with Crippen molar-refractivity contribution >= 4 is 85.8 Å². The van der Waals surface area contributed by atoms with E-state index < -0.39 is 17.5 Å². The Morgan fingerprint density at radius 3 is 2.23 bits per heavy atom. The first-order chi connectivity index (χ1) is 18.3. The summed E-state index contributed by atoms with van der Waals surface area (Å²) in [6, 6.07) is 13.6. The van der Waals surface area contributed by atoms with Crippen LogP contribution in [0.4, 0.5) is 18.9 Å². The summed E-state index contributed by atoms with van der Waals surface area (Å²) in [5, 5.41) is 3.11. The van der Waals surface area contributed by atoms with Crippen molar-refractivity contribution in [2.75, 3.05) is 5.32 Å². The van der Waals surface area contributed by atoms with Crippen molar-refractivity contribution in [1.29, 1.82) is 0 Å². The van der Waals surface area contributed by atoms with Crippen molar-refractivity contribution in [3.05, 3.63) is 102 Å². The molecule has 1 amide bonds. The average molecular weight is 680 g/mol. The Morgan fingerprint density at radius 1 is 1.00 bits per heavy atom. The highest BCUT2D eigenvalue weighted by Gasteiger charge is 2.51.